The number of carboxylic acid groups (broad SMARTS) is 1. The van der Waals surface area contributed by atoms with Crippen LogP contribution >= 0.6 is 0 Å². The minimum atomic E-state index is -1.85. The summed E-state index contributed by atoms with van der Waals surface area (Å²) in [5, 5.41) is 28.6. The number of hydrogen-bond donors (Lipinski definition) is 5. The Balaban J connectivity index is 1.14. The Bertz CT molecular complexity index is 2820. The van der Waals surface area contributed by atoms with E-state index in [1.165, 1.54) is 0 Å². The van der Waals surface area contributed by atoms with Crippen LogP contribution in [0.5, 0.6) is 0 Å². The Morgan fingerprint density at radius 1 is 0.468 bits per heavy atom. The van der Waals surface area contributed by atoms with Crippen molar-refractivity contribution in [3.63, 3.8) is 0 Å². The van der Waals surface area contributed by atoms with Gasteiger partial charge in [0.25, 0.3) is 5.91 Å². The van der Waals surface area contributed by atoms with E-state index in [-0.39, 0.29) is 52.5 Å². The number of ether oxygens (including phenoxy) is 7. The zero-order valence-corrected chi connectivity index (χ0v) is 43.4. The van der Waals surface area contributed by atoms with Crippen LogP contribution in [0.4, 0.5) is 0 Å². The summed E-state index contributed by atoms with van der Waals surface area (Å²) in [5.41, 5.74) is 4.44. The molecular formula is C61H65N3O15. The highest BCUT2D eigenvalue weighted by Crippen LogP contribution is 2.31. The molecule has 0 bridgehead atoms. The van der Waals surface area contributed by atoms with Crippen LogP contribution in [-0.4, -0.2) is 108 Å². The average Bonchev–Trinajstić information content (AvgIpc) is 3.54. The minimum absolute atomic E-state index is 0.0226. The second-order valence-corrected chi connectivity index (χ2v) is 18.6. The number of aliphatic hydroxyl groups excluding tert-OH is 1. The van der Waals surface area contributed by atoms with E-state index in [0.29, 0.717) is 5.56 Å². The van der Waals surface area contributed by atoms with Crippen LogP contribution in [0.1, 0.15) is 52.6 Å². The molecule has 8 atom stereocenters. The van der Waals surface area contributed by atoms with Gasteiger partial charge in [0.05, 0.1) is 46.1 Å². The third-order valence-electron chi connectivity index (χ3n) is 12.7. The summed E-state index contributed by atoms with van der Waals surface area (Å²) in [6.45, 7) is -1.27. The molecule has 7 rings (SSSR count). The van der Waals surface area contributed by atoms with E-state index in [4.69, 9.17) is 33.2 Å². The Morgan fingerprint density at radius 3 is 1.34 bits per heavy atom. The van der Waals surface area contributed by atoms with Crippen LogP contribution in [-0.2, 0) is 102 Å². The maximum absolute atomic E-state index is 15.0. The summed E-state index contributed by atoms with van der Waals surface area (Å²) < 4.78 is 43.0. The molecule has 3 amide bonds. The van der Waals surface area contributed by atoms with Gasteiger partial charge in [-0.15, -0.1) is 0 Å². The number of aliphatic carboxylic acids is 1. The lowest BCUT2D eigenvalue weighted by Gasteiger charge is -2.45. The van der Waals surface area contributed by atoms with E-state index >= 15 is 0 Å². The van der Waals surface area contributed by atoms with E-state index in [0.717, 1.165) is 27.8 Å². The highest BCUT2D eigenvalue weighted by molar-refractivity contribution is 5.96. The largest absolute Gasteiger partial charge is 0.481 e. The number of carbonyl (C=O) groups is 6. The highest BCUT2D eigenvalue weighted by atomic mass is 16.6. The number of esters is 2. The Hall–Kier alpha value is -8.10. The molecule has 1 heterocycles. The highest BCUT2D eigenvalue weighted by Gasteiger charge is 2.51. The van der Waals surface area contributed by atoms with E-state index in [9.17, 15) is 39.0 Å². The van der Waals surface area contributed by atoms with Gasteiger partial charge in [-0.2, -0.15) is 0 Å². The molecule has 0 spiro atoms. The summed E-state index contributed by atoms with van der Waals surface area (Å²) in [6, 6.07) is 49.4. The monoisotopic (exact) mass is 1080 g/mol. The lowest BCUT2D eigenvalue weighted by atomic mass is 9.93. The molecule has 1 aliphatic rings. The zero-order chi connectivity index (χ0) is 55.6. The van der Waals surface area contributed by atoms with Crippen molar-refractivity contribution < 1.29 is 72.1 Å². The predicted octanol–water partition coefficient (Wildman–Crippen LogP) is 5.92. The molecule has 0 radical (unpaired) electrons. The summed E-state index contributed by atoms with van der Waals surface area (Å²) >= 11 is 0. The number of aliphatic hydroxyl groups is 1. The van der Waals surface area contributed by atoms with Gasteiger partial charge in [-0.3, -0.25) is 24.0 Å². The van der Waals surface area contributed by atoms with Gasteiger partial charge in [0.15, 0.2) is 6.10 Å². The molecule has 6 aromatic rings. The van der Waals surface area contributed by atoms with Crippen LogP contribution in [0.25, 0.3) is 0 Å². The Kier molecular flexibility index (Phi) is 23.2. The van der Waals surface area contributed by atoms with Gasteiger partial charge in [-0.05, 0) is 39.8 Å². The fourth-order valence-corrected chi connectivity index (χ4v) is 8.53. The molecule has 5 N–H and O–H groups in total. The molecule has 1 aliphatic heterocycles. The number of amides is 3. The van der Waals surface area contributed by atoms with Gasteiger partial charge in [-0.1, -0.05) is 182 Å². The number of hydrogen-bond acceptors (Lipinski definition) is 14. The molecule has 1 saturated heterocycles. The molecule has 0 saturated carbocycles. The molecular weight excluding hydrogens is 1010 g/mol. The van der Waals surface area contributed by atoms with Crippen molar-refractivity contribution in [1.29, 1.82) is 0 Å². The van der Waals surface area contributed by atoms with Crippen LogP contribution < -0.4 is 16.0 Å². The lowest BCUT2D eigenvalue weighted by molar-refractivity contribution is -0.265. The quantitative estimate of drug-likeness (QED) is 0.0329. The van der Waals surface area contributed by atoms with Crippen molar-refractivity contribution in [3.8, 4) is 0 Å². The molecule has 18 nitrogen and oxygen atoms in total. The second-order valence-electron chi connectivity index (χ2n) is 18.6. The lowest BCUT2D eigenvalue weighted by Crippen LogP contribution is -2.66. The summed E-state index contributed by atoms with van der Waals surface area (Å²) in [4.78, 5) is 82.8. The fraction of sp³-hybridized carbons (Fsp3) is 0.311. The molecule has 18 heteroatoms. The van der Waals surface area contributed by atoms with Crippen molar-refractivity contribution in [2.45, 2.75) is 108 Å². The van der Waals surface area contributed by atoms with Crippen molar-refractivity contribution in [1.82, 2.24) is 16.0 Å². The number of benzene rings is 6. The normalized spacial score (nSPS) is 18.0. The molecule has 414 valence electrons. The summed E-state index contributed by atoms with van der Waals surface area (Å²) in [6.07, 6.45) is -7.71. The zero-order valence-electron chi connectivity index (χ0n) is 43.4. The Morgan fingerprint density at radius 2 is 0.873 bits per heavy atom. The first-order valence-corrected chi connectivity index (χ1v) is 25.9. The summed E-state index contributed by atoms with van der Waals surface area (Å²) in [5.74, 6) is -6.19. The van der Waals surface area contributed by atoms with Crippen LogP contribution in [0, 0.1) is 0 Å². The van der Waals surface area contributed by atoms with Gasteiger partial charge in [0.1, 0.15) is 55.8 Å². The summed E-state index contributed by atoms with van der Waals surface area (Å²) in [7, 11) is 0. The van der Waals surface area contributed by atoms with E-state index in [1.807, 2.05) is 103 Å². The van der Waals surface area contributed by atoms with Gasteiger partial charge >= 0.3 is 17.9 Å². The minimum Gasteiger partial charge on any atom is -0.481 e. The molecule has 0 aromatic heterocycles. The molecule has 6 aromatic carbocycles. The van der Waals surface area contributed by atoms with Crippen molar-refractivity contribution in [2.75, 3.05) is 13.2 Å². The first-order valence-electron chi connectivity index (χ1n) is 25.9. The molecule has 1 fully saturated rings. The molecule has 0 unspecified atom stereocenters. The van der Waals surface area contributed by atoms with Crippen LogP contribution in [0.3, 0.4) is 0 Å². The van der Waals surface area contributed by atoms with Gasteiger partial charge in [-0.25, -0.2) is 4.79 Å². The number of nitrogens with one attached hydrogen (secondary N) is 3. The second kappa shape index (κ2) is 31.3. The first kappa shape index (κ1) is 58.6. The third kappa shape index (κ3) is 19.1. The van der Waals surface area contributed by atoms with E-state index in [2.05, 4.69) is 16.0 Å². The van der Waals surface area contributed by atoms with Gasteiger partial charge < -0.3 is 59.3 Å². The predicted molar refractivity (Wildman–Crippen MR) is 287 cm³/mol. The van der Waals surface area contributed by atoms with Gasteiger partial charge in [0, 0.05) is 6.42 Å². The maximum atomic E-state index is 15.0. The standard InChI is InChI=1S/C61H65N3O15/c65-34-51-54(75-37-44-23-11-3-12-24-44)55(76-38-45-25-13-4-14-26-45)56(77-39-46-27-15-5-16-28-46)57(79-51)60(71)64-50(41-73-35-42-19-7-1-8-20-42)59(70)63-49(33-52(66)67)58(69)62-48(61(72)78-40-47-29-17-6-18-30-47)31-32-53(68)74-36-43-21-9-2-10-22-43/h1-30,48-51,54-57,65H,31-41H2,(H,62,69)(H,63,70)(H,64,71)(H,66,67)/t48-,49-,50+,51-,54+,55+,56-,57+/m0/s1. The third-order valence-corrected chi connectivity index (χ3v) is 12.7. The number of rotatable bonds is 30. The number of carboxylic acids is 1. The van der Waals surface area contributed by atoms with Gasteiger partial charge in [0.2, 0.25) is 11.8 Å². The van der Waals surface area contributed by atoms with Crippen molar-refractivity contribution >= 4 is 35.6 Å². The average molecular weight is 1080 g/mol. The topological polar surface area (TPSA) is 244 Å². The molecule has 0 aliphatic carbocycles. The van der Waals surface area contributed by atoms with Crippen molar-refractivity contribution in [2.24, 2.45) is 0 Å². The molecule has 79 heavy (non-hydrogen) atoms. The number of carbonyl (C=O) groups excluding carboxylic acids is 5. The Labute approximate surface area is 458 Å². The van der Waals surface area contributed by atoms with E-state index in [1.54, 1.807) is 78.9 Å². The van der Waals surface area contributed by atoms with Crippen LogP contribution in [0.2, 0.25) is 0 Å². The first-order chi connectivity index (χ1) is 38.5. The smallest absolute Gasteiger partial charge is 0.328 e. The maximum Gasteiger partial charge on any atom is 0.328 e. The SMILES string of the molecule is O=C(O)C[C@H](NC(=O)[C@@H](COCc1ccccc1)NC(=O)[C@@H]1O[C@@H](CO)[C@@H](OCc2ccccc2)[C@@H](OCc2ccccc2)[C@@H]1OCc1ccccc1)C(=O)N[C@@H](CCC(=O)OCc1ccccc1)C(=O)OCc1ccccc1. The van der Waals surface area contributed by atoms with Crippen molar-refractivity contribution in [3.05, 3.63) is 215 Å². The fourth-order valence-electron chi connectivity index (χ4n) is 8.53. The van der Waals surface area contributed by atoms with Crippen LogP contribution in [0.15, 0.2) is 182 Å². The van der Waals surface area contributed by atoms with E-state index < -0.39 is 104 Å².